The van der Waals surface area contributed by atoms with Crippen molar-refractivity contribution in [2.24, 2.45) is 5.73 Å². The predicted octanol–water partition coefficient (Wildman–Crippen LogP) is 4.59. The third-order valence-electron chi connectivity index (χ3n) is 14.9. The number of benzene rings is 2. The van der Waals surface area contributed by atoms with E-state index in [1.807, 2.05) is 36.1 Å². The van der Waals surface area contributed by atoms with Crippen LogP contribution in [0.25, 0.3) is 16.7 Å². The number of rotatable bonds is 14. The average Bonchev–Trinajstić information content (AvgIpc) is 3.72. The normalized spacial score (nSPS) is 20.0. The van der Waals surface area contributed by atoms with E-state index in [2.05, 4.69) is 42.5 Å². The number of carbonyl (C=O) groups excluding carboxylic acids is 5. The zero-order valence-electron chi connectivity index (χ0n) is 40.4. The summed E-state index contributed by atoms with van der Waals surface area (Å²) < 4.78 is 34.9. The molecule has 0 radical (unpaired) electrons. The van der Waals surface area contributed by atoms with Crippen LogP contribution in [0.3, 0.4) is 0 Å². The highest BCUT2D eigenvalue weighted by Crippen LogP contribution is 2.35. The SMILES string of the molecule is CCOc1cnc(C(C#N)=CN)c(-c2ccc(N3CCC(CN4CCN(C(=O)CCN5CCC(c6ccc7c(c6)C(=O)N(C6CCC(=O)NC6=O)C7)CC5)CC4)(NC(=O)c4cc(F)ccc4F)CC3)nc2)c1. The van der Waals surface area contributed by atoms with Crippen molar-refractivity contribution in [3.8, 4) is 22.9 Å². The van der Waals surface area contributed by atoms with Crippen LogP contribution < -0.4 is 26.0 Å². The molecule has 4 N–H and O–H groups in total. The molecule has 2 aromatic heterocycles. The molecule has 17 nitrogen and oxygen atoms in total. The maximum atomic E-state index is 14.9. The number of carbonyl (C=O) groups is 5. The number of hydrogen-bond acceptors (Lipinski definition) is 13. The van der Waals surface area contributed by atoms with Crippen LogP contribution >= 0.6 is 0 Å². The Kier molecular flexibility index (Phi) is 14.9. The van der Waals surface area contributed by atoms with Gasteiger partial charge in [0.2, 0.25) is 17.7 Å². The number of amides is 5. The van der Waals surface area contributed by atoms with Gasteiger partial charge in [-0.2, -0.15) is 5.26 Å². The Hall–Kier alpha value is -7.30. The molecule has 0 bridgehead atoms. The Labute approximate surface area is 417 Å². The Bertz CT molecular complexity index is 2800. The molecule has 2 aromatic carbocycles. The number of imide groups is 1. The van der Waals surface area contributed by atoms with E-state index >= 15 is 0 Å². The van der Waals surface area contributed by atoms with Crippen LogP contribution in [-0.4, -0.2) is 143 Å². The van der Waals surface area contributed by atoms with Crippen molar-refractivity contribution in [3.05, 3.63) is 113 Å². The monoisotopic (exact) mass is 983 g/mol. The minimum absolute atomic E-state index is 0.0849. The second-order valence-corrected chi connectivity index (χ2v) is 19.3. The molecule has 4 aromatic rings. The molecule has 4 fully saturated rings. The summed E-state index contributed by atoms with van der Waals surface area (Å²) in [5.41, 5.74) is 9.18. The molecule has 72 heavy (non-hydrogen) atoms. The molecule has 4 saturated heterocycles. The van der Waals surface area contributed by atoms with Crippen molar-refractivity contribution < 1.29 is 37.5 Å². The van der Waals surface area contributed by atoms with Crippen LogP contribution in [-0.2, 0) is 20.9 Å². The molecule has 1 unspecified atom stereocenters. The lowest BCUT2D eigenvalue weighted by Crippen LogP contribution is -2.62. The van der Waals surface area contributed by atoms with E-state index < -0.39 is 35.0 Å². The highest BCUT2D eigenvalue weighted by atomic mass is 19.1. The van der Waals surface area contributed by atoms with Crippen LogP contribution in [0.15, 0.2) is 73.2 Å². The molecule has 0 saturated carbocycles. The van der Waals surface area contributed by atoms with Gasteiger partial charge in [-0.05, 0) is 112 Å². The molecule has 376 valence electrons. The van der Waals surface area contributed by atoms with Crippen molar-refractivity contribution in [2.75, 3.05) is 77.0 Å². The standard InChI is InChI=1S/C53H59F2N11O6/c1-2-72-40-27-41(49(59-31-40)38(28-56)29-57)36-5-9-46(58-30-36)64-19-14-53(15-20-64,61-50(69)43-26-39(54)6-7-44(43)55)33-63-21-23-65(24-22-63)48(68)13-18-62-16-11-34(12-17-62)35-3-4-37-32-66(52(71)42(37)25-35)45-8-10-47(67)60-51(45)70/h3-7,9,25-28,30-31,34,45H,2,8,10-24,32-33,56H2,1H3,(H,61,69)(H,60,67,70). The molecule has 5 aliphatic rings. The smallest absolute Gasteiger partial charge is 0.255 e. The zero-order valence-corrected chi connectivity index (χ0v) is 40.4. The van der Waals surface area contributed by atoms with Crippen LogP contribution in [0.2, 0.25) is 0 Å². The van der Waals surface area contributed by atoms with Gasteiger partial charge in [-0.25, -0.2) is 13.8 Å². The van der Waals surface area contributed by atoms with Gasteiger partial charge in [0.15, 0.2) is 0 Å². The van der Waals surface area contributed by atoms with E-state index in [0.717, 1.165) is 55.3 Å². The van der Waals surface area contributed by atoms with Crippen molar-refractivity contribution in [3.63, 3.8) is 0 Å². The molecular weight excluding hydrogens is 925 g/mol. The summed E-state index contributed by atoms with van der Waals surface area (Å²) in [7, 11) is 0. The van der Waals surface area contributed by atoms with Gasteiger partial charge in [-0.1, -0.05) is 12.1 Å². The summed E-state index contributed by atoms with van der Waals surface area (Å²) in [6.45, 7) is 8.61. The fourth-order valence-corrected chi connectivity index (χ4v) is 10.8. The number of piperidine rings is 3. The minimum Gasteiger partial charge on any atom is -0.492 e. The van der Waals surface area contributed by atoms with Crippen molar-refractivity contribution in [2.45, 2.75) is 75.9 Å². The number of ether oxygens (including phenoxy) is 1. The Morgan fingerprint density at radius 3 is 2.39 bits per heavy atom. The number of piperazine rings is 1. The number of pyridine rings is 2. The van der Waals surface area contributed by atoms with Crippen LogP contribution in [0, 0.1) is 23.0 Å². The van der Waals surface area contributed by atoms with Gasteiger partial charge in [-0.15, -0.1) is 0 Å². The van der Waals surface area contributed by atoms with Gasteiger partial charge in [0.25, 0.3) is 11.8 Å². The van der Waals surface area contributed by atoms with Crippen molar-refractivity contribution in [1.29, 1.82) is 5.26 Å². The van der Waals surface area contributed by atoms with Crippen LogP contribution in [0.5, 0.6) is 5.75 Å². The highest BCUT2D eigenvalue weighted by molar-refractivity contribution is 6.05. The number of nitrogens with one attached hydrogen (secondary N) is 2. The van der Waals surface area contributed by atoms with Gasteiger partial charge in [0.1, 0.15) is 35.3 Å². The largest absolute Gasteiger partial charge is 0.492 e. The summed E-state index contributed by atoms with van der Waals surface area (Å²) in [6, 6.07) is 15.9. The lowest BCUT2D eigenvalue weighted by molar-refractivity contribution is -0.137. The number of anilines is 1. The third-order valence-corrected chi connectivity index (χ3v) is 14.9. The van der Waals surface area contributed by atoms with Gasteiger partial charge >= 0.3 is 0 Å². The first-order valence-electron chi connectivity index (χ1n) is 24.8. The van der Waals surface area contributed by atoms with Crippen molar-refractivity contribution >= 4 is 40.9 Å². The minimum atomic E-state index is -0.811. The third kappa shape index (κ3) is 10.8. The number of nitriles is 1. The summed E-state index contributed by atoms with van der Waals surface area (Å²) in [5.74, 6) is -1.52. The molecule has 5 aliphatic heterocycles. The number of nitrogens with two attached hydrogens (primary N) is 1. The number of aromatic nitrogens is 2. The number of nitrogens with zero attached hydrogens (tertiary/aromatic N) is 8. The summed E-state index contributed by atoms with van der Waals surface area (Å²) >= 11 is 0. The average molecular weight is 984 g/mol. The van der Waals surface area contributed by atoms with Gasteiger partial charge in [0, 0.05) is 101 Å². The van der Waals surface area contributed by atoms with Crippen molar-refractivity contribution in [1.82, 2.24) is 40.2 Å². The highest BCUT2D eigenvalue weighted by Gasteiger charge is 2.41. The molecule has 7 heterocycles. The summed E-state index contributed by atoms with van der Waals surface area (Å²) in [5, 5.41) is 15.2. The van der Waals surface area contributed by atoms with Crippen LogP contribution in [0.4, 0.5) is 14.6 Å². The first-order chi connectivity index (χ1) is 34.8. The topological polar surface area (TPSA) is 210 Å². The Morgan fingerprint density at radius 1 is 0.917 bits per heavy atom. The molecule has 5 amide bonds. The zero-order chi connectivity index (χ0) is 50.5. The van der Waals surface area contributed by atoms with E-state index in [0.29, 0.717) is 125 Å². The summed E-state index contributed by atoms with van der Waals surface area (Å²) in [6.07, 6.45) is 8.16. The van der Waals surface area contributed by atoms with Crippen LogP contribution in [0.1, 0.15) is 95.3 Å². The fourth-order valence-electron chi connectivity index (χ4n) is 10.8. The Balaban J connectivity index is 0.781. The first kappa shape index (κ1) is 49.7. The van der Waals surface area contributed by atoms with Gasteiger partial charge < -0.3 is 35.4 Å². The molecule has 0 spiro atoms. The van der Waals surface area contributed by atoms with E-state index in [1.54, 1.807) is 23.4 Å². The van der Waals surface area contributed by atoms with E-state index in [1.165, 1.54) is 6.20 Å². The molecule has 9 rings (SSSR count). The fraction of sp³-hybridized carbons (Fsp3) is 0.434. The van der Waals surface area contributed by atoms with E-state index in [-0.39, 0.29) is 41.2 Å². The number of likely N-dealkylation sites (tertiary alicyclic amines) is 1. The quantitative estimate of drug-likeness (QED) is 0.117. The second-order valence-electron chi connectivity index (χ2n) is 19.3. The number of allylic oxidation sites excluding steroid dienone is 1. The van der Waals surface area contributed by atoms with E-state index in [9.17, 15) is 38.0 Å². The molecular formula is C53H59F2N11O6. The molecule has 19 heteroatoms. The second kappa shape index (κ2) is 21.6. The lowest BCUT2D eigenvalue weighted by Gasteiger charge is -2.46. The summed E-state index contributed by atoms with van der Waals surface area (Å²) in [4.78, 5) is 84.3. The molecule has 0 aliphatic carbocycles. The maximum Gasteiger partial charge on any atom is 0.255 e. The van der Waals surface area contributed by atoms with E-state index in [4.69, 9.17) is 15.5 Å². The number of fused-ring (bicyclic) bond motifs is 1. The van der Waals surface area contributed by atoms with Gasteiger partial charge in [0.05, 0.1) is 35.2 Å². The molecule has 1 atom stereocenters. The van der Waals surface area contributed by atoms with Gasteiger partial charge in [-0.3, -0.25) is 39.2 Å². The number of hydrogen-bond donors (Lipinski definition) is 3. The predicted molar refractivity (Wildman–Crippen MR) is 263 cm³/mol. The Morgan fingerprint density at radius 2 is 1.69 bits per heavy atom. The number of halogens is 2. The maximum absolute atomic E-state index is 14.9. The lowest BCUT2D eigenvalue weighted by atomic mass is 9.86. The first-order valence-corrected chi connectivity index (χ1v) is 24.8.